The van der Waals surface area contributed by atoms with Crippen LogP contribution >= 0.6 is 0 Å². The molecule has 2 saturated heterocycles. The molecule has 0 saturated carbocycles. The van der Waals surface area contributed by atoms with E-state index in [0.29, 0.717) is 11.1 Å². The normalized spacial score (nSPS) is 21.3. The first kappa shape index (κ1) is 16.0. The van der Waals surface area contributed by atoms with Gasteiger partial charge in [0.05, 0.1) is 12.2 Å². The number of piperidine rings is 1. The Morgan fingerprint density at radius 3 is 2.35 bits per heavy atom. The first-order chi connectivity index (χ1) is 11.0. The van der Waals surface area contributed by atoms with Gasteiger partial charge in [0, 0.05) is 37.3 Å². The fraction of sp³-hybridized carbons (Fsp3) is 0.529. The minimum Gasteiger partial charge on any atom is -0.384 e. The Labute approximate surface area is 136 Å². The van der Waals surface area contributed by atoms with Gasteiger partial charge in [0.25, 0.3) is 5.91 Å². The molecule has 1 amide bonds. The number of ether oxygens (including phenoxy) is 1. The minimum atomic E-state index is -0.0811. The van der Waals surface area contributed by atoms with E-state index >= 15 is 0 Å². The van der Waals surface area contributed by atoms with Crippen molar-refractivity contribution in [3.63, 3.8) is 0 Å². The lowest BCUT2D eigenvalue weighted by atomic mass is 9.89. The highest BCUT2D eigenvalue weighted by atomic mass is 16.5. The van der Waals surface area contributed by atoms with E-state index in [1.807, 2.05) is 4.90 Å². The zero-order chi connectivity index (χ0) is 16.4. The summed E-state index contributed by atoms with van der Waals surface area (Å²) < 4.78 is 6.04. The highest BCUT2D eigenvalue weighted by molar-refractivity contribution is 5.98. The number of amides is 1. The number of hydrogen-bond acceptors (Lipinski definition) is 4. The summed E-state index contributed by atoms with van der Waals surface area (Å²) in [7, 11) is 2.12. The van der Waals surface area contributed by atoms with Crippen molar-refractivity contribution in [1.82, 2.24) is 9.80 Å². The van der Waals surface area contributed by atoms with Crippen molar-refractivity contribution in [2.24, 2.45) is 5.73 Å². The summed E-state index contributed by atoms with van der Waals surface area (Å²) in [4.78, 5) is 16.8. The van der Waals surface area contributed by atoms with Gasteiger partial charge in [-0.15, -0.1) is 0 Å². The molecule has 2 heterocycles. The third kappa shape index (κ3) is 3.38. The van der Waals surface area contributed by atoms with E-state index in [1.54, 1.807) is 24.3 Å². The maximum Gasteiger partial charge on any atom is 0.253 e. The quantitative estimate of drug-likeness (QED) is 0.627. The maximum absolute atomic E-state index is 12.6. The second-order valence-electron chi connectivity index (χ2n) is 6.55. The molecule has 23 heavy (non-hydrogen) atoms. The van der Waals surface area contributed by atoms with Gasteiger partial charge in [0.1, 0.15) is 5.84 Å². The van der Waals surface area contributed by atoms with E-state index in [0.717, 1.165) is 45.6 Å². The molecule has 2 fully saturated rings. The number of carbonyl (C=O) groups is 1. The van der Waals surface area contributed by atoms with Gasteiger partial charge >= 0.3 is 0 Å². The largest absolute Gasteiger partial charge is 0.384 e. The molecule has 0 aromatic heterocycles. The Bertz CT molecular complexity index is 591. The number of nitrogens with two attached hydrogens (primary N) is 1. The summed E-state index contributed by atoms with van der Waals surface area (Å²) in [5, 5.41) is 7.40. The molecule has 2 aliphatic rings. The Morgan fingerprint density at radius 1 is 1.17 bits per heavy atom. The van der Waals surface area contributed by atoms with Crippen LogP contribution in [0.3, 0.4) is 0 Å². The highest BCUT2D eigenvalue weighted by Gasteiger charge is 2.39. The number of carbonyl (C=O) groups excluding carboxylic acids is 1. The molecule has 0 bridgehead atoms. The van der Waals surface area contributed by atoms with Crippen LogP contribution < -0.4 is 5.73 Å². The molecule has 0 atom stereocenters. The topological polar surface area (TPSA) is 82.7 Å². The number of benzene rings is 1. The van der Waals surface area contributed by atoms with Gasteiger partial charge in [-0.25, -0.2) is 0 Å². The fourth-order valence-corrected chi connectivity index (χ4v) is 3.43. The zero-order valence-electron chi connectivity index (χ0n) is 13.5. The first-order valence-corrected chi connectivity index (χ1v) is 8.05. The molecule has 1 spiro atoms. The van der Waals surface area contributed by atoms with Crippen molar-refractivity contribution in [1.29, 1.82) is 5.41 Å². The average molecular weight is 316 g/mol. The summed E-state index contributed by atoms with van der Waals surface area (Å²) in [5.74, 6) is 0.0570. The lowest BCUT2D eigenvalue weighted by Gasteiger charge is -2.46. The number of morpholine rings is 1. The SMILES string of the molecule is CN1CCOC2(CCN(C(=O)c3ccc(C(=N)N)cc3)CC2)C1. The Morgan fingerprint density at radius 2 is 1.78 bits per heavy atom. The number of nitrogens with one attached hydrogen (secondary N) is 1. The number of likely N-dealkylation sites (N-methyl/N-ethyl adjacent to an activating group) is 1. The summed E-state index contributed by atoms with van der Waals surface area (Å²) in [6.45, 7) is 4.15. The van der Waals surface area contributed by atoms with Crippen LogP contribution in [0.2, 0.25) is 0 Å². The van der Waals surface area contributed by atoms with Gasteiger partial charge in [-0.2, -0.15) is 0 Å². The number of hydrogen-bond donors (Lipinski definition) is 2. The van der Waals surface area contributed by atoms with Crippen LogP contribution in [0.15, 0.2) is 24.3 Å². The molecule has 0 unspecified atom stereocenters. The van der Waals surface area contributed by atoms with Gasteiger partial charge in [-0.3, -0.25) is 10.2 Å². The van der Waals surface area contributed by atoms with Crippen LogP contribution in [0.5, 0.6) is 0 Å². The number of nitrogen functional groups attached to an aromatic ring is 1. The van der Waals surface area contributed by atoms with Crippen LogP contribution in [-0.4, -0.2) is 67.0 Å². The molecule has 0 radical (unpaired) electrons. The zero-order valence-corrected chi connectivity index (χ0v) is 13.5. The smallest absolute Gasteiger partial charge is 0.253 e. The van der Waals surface area contributed by atoms with Crippen LogP contribution in [0.1, 0.15) is 28.8 Å². The van der Waals surface area contributed by atoms with Crippen molar-refractivity contribution in [2.75, 3.05) is 39.8 Å². The van der Waals surface area contributed by atoms with Crippen LogP contribution in [0.4, 0.5) is 0 Å². The minimum absolute atomic E-state index is 0.0162. The number of likely N-dealkylation sites (tertiary alicyclic amines) is 1. The molecule has 6 heteroatoms. The lowest BCUT2D eigenvalue weighted by molar-refractivity contribution is -0.127. The van der Waals surface area contributed by atoms with Crippen LogP contribution in [0.25, 0.3) is 0 Å². The van der Waals surface area contributed by atoms with Crippen molar-refractivity contribution in [2.45, 2.75) is 18.4 Å². The monoisotopic (exact) mass is 316 g/mol. The van der Waals surface area contributed by atoms with Gasteiger partial charge < -0.3 is 20.3 Å². The van der Waals surface area contributed by atoms with E-state index in [2.05, 4.69) is 11.9 Å². The average Bonchev–Trinajstić information content (AvgIpc) is 2.55. The Hall–Kier alpha value is -1.92. The van der Waals surface area contributed by atoms with E-state index < -0.39 is 0 Å². The predicted molar refractivity (Wildman–Crippen MR) is 88.8 cm³/mol. The molecule has 2 aliphatic heterocycles. The Balaban J connectivity index is 1.63. The van der Waals surface area contributed by atoms with Gasteiger partial charge in [0.15, 0.2) is 0 Å². The molecule has 6 nitrogen and oxygen atoms in total. The van der Waals surface area contributed by atoms with Crippen molar-refractivity contribution in [3.8, 4) is 0 Å². The second-order valence-corrected chi connectivity index (χ2v) is 6.55. The summed E-state index contributed by atoms with van der Waals surface area (Å²) >= 11 is 0. The van der Waals surface area contributed by atoms with E-state index in [9.17, 15) is 4.79 Å². The molecule has 1 aromatic rings. The lowest BCUT2D eigenvalue weighted by Crippen LogP contribution is -2.56. The molecular formula is C17H24N4O2. The van der Waals surface area contributed by atoms with E-state index in [4.69, 9.17) is 15.9 Å². The van der Waals surface area contributed by atoms with E-state index in [1.165, 1.54) is 0 Å². The van der Waals surface area contributed by atoms with Gasteiger partial charge in [-0.1, -0.05) is 12.1 Å². The standard InChI is InChI=1S/C17H24N4O2/c1-20-10-11-23-17(12-20)6-8-21(9-7-17)16(22)14-4-2-13(3-5-14)15(18)19/h2-5H,6-12H2,1H3,(H3,18,19). The molecule has 3 N–H and O–H groups in total. The number of nitrogens with zero attached hydrogens (tertiary/aromatic N) is 2. The summed E-state index contributed by atoms with van der Waals surface area (Å²) in [6.07, 6.45) is 1.77. The first-order valence-electron chi connectivity index (χ1n) is 8.05. The molecule has 1 aromatic carbocycles. The van der Waals surface area contributed by atoms with Crippen LogP contribution in [-0.2, 0) is 4.74 Å². The highest BCUT2D eigenvalue weighted by Crippen LogP contribution is 2.30. The predicted octanol–water partition coefficient (Wildman–Crippen LogP) is 0.907. The van der Waals surface area contributed by atoms with E-state index in [-0.39, 0.29) is 17.3 Å². The van der Waals surface area contributed by atoms with Crippen molar-refractivity contribution < 1.29 is 9.53 Å². The van der Waals surface area contributed by atoms with Crippen LogP contribution in [0, 0.1) is 5.41 Å². The van der Waals surface area contributed by atoms with Gasteiger partial charge in [-0.05, 0) is 32.0 Å². The molecule has 3 rings (SSSR count). The third-order valence-electron chi connectivity index (χ3n) is 4.84. The number of amidine groups is 1. The van der Waals surface area contributed by atoms with Gasteiger partial charge in [0.2, 0.25) is 0 Å². The van der Waals surface area contributed by atoms with Crippen molar-refractivity contribution in [3.05, 3.63) is 35.4 Å². The third-order valence-corrected chi connectivity index (χ3v) is 4.84. The Kier molecular flexibility index (Phi) is 4.37. The number of rotatable bonds is 2. The fourth-order valence-electron chi connectivity index (χ4n) is 3.43. The summed E-state index contributed by atoms with van der Waals surface area (Å²) in [5.41, 5.74) is 6.64. The molecular weight excluding hydrogens is 292 g/mol. The molecule has 124 valence electrons. The maximum atomic E-state index is 12.6. The van der Waals surface area contributed by atoms with Crippen molar-refractivity contribution >= 4 is 11.7 Å². The second kappa shape index (κ2) is 6.29. The summed E-state index contributed by atoms with van der Waals surface area (Å²) in [6, 6.07) is 6.93. The molecule has 0 aliphatic carbocycles.